The van der Waals surface area contributed by atoms with Crippen molar-refractivity contribution in [1.82, 2.24) is 0 Å². The van der Waals surface area contributed by atoms with Crippen LogP contribution in [0.4, 0.5) is 5.69 Å². The van der Waals surface area contributed by atoms with Gasteiger partial charge in [0.25, 0.3) is 0 Å². The minimum Gasteiger partial charge on any atom is -0.385 e. The smallest absolute Gasteiger partial charge is 0.136 e. The molecule has 1 aliphatic heterocycles. The SMILES string of the molecule is CC(O)(CC(=O)CCCC/C1=N/c2ccc(C#N)cc2CCC(C2(C)CCC2)C1)c1ccccc1. The summed E-state index contributed by atoms with van der Waals surface area (Å²) in [6.07, 6.45) is 10.3. The van der Waals surface area contributed by atoms with Crippen molar-refractivity contribution in [2.24, 2.45) is 16.3 Å². The molecule has 2 aliphatic rings. The molecule has 35 heavy (non-hydrogen) atoms. The Morgan fingerprint density at radius 1 is 1.20 bits per heavy atom. The first-order chi connectivity index (χ1) is 16.8. The van der Waals surface area contributed by atoms with Gasteiger partial charge in [0.05, 0.1) is 22.9 Å². The highest BCUT2D eigenvalue weighted by molar-refractivity contribution is 5.88. The highest BCUT2D eigenvalue weighted by atomic mass is 16.3. The van der Waals surface area contributed by atoms with Gasteiger partial charge in [-0.2, -0.15) is 5.26 Å². The zero-order valence-corrected chi connectivity index (χ0v) is 21.2. The van der Waals surface area contributed by atoms with Crippen molar-refractivity contribution in [3.8, 4) is 6.07 Å². The molecular weight excluding hydrogens is 432 g/mol. The van der Waals surface area contributed by atoms with Gasteiger partial charge in [-0.1, -0.05) is 43.7 Å². The first-order valence-corrected chi connectivity index (χ1v) is 13.2. The van der Waals surface area contributed by atoms with Gasteiger partial charge in [-0.25, -0.2) is 0 Å². The second-order valence-electron chi connectivity index (χ2n) is 11.1. The van der Waals surface area contributed by atoms with Crippen LogP contribution in [0.3, 0.4) is 0 Å². The third-order valence-electron chi connectivity index (χ3n) is 8.32. The number of carbonyl (C=O) groups excluding carboxylic acids is 1. The Morgan fingerprint density at radius 3 is 2.66 bits per heavy atom. The highest BCUT2D eigenvalue weighted by Crippen LogP contribution is 2.50. The average molecular weight is 471 g/mol. The lowest BCUT2D eigenvalue weighted by Crippen LogP contribution is -2.36. The molecule has 2 aromatic rings. The van der Waals surface area contributed by atoms with Crippen molar-refractivity contribution in [3.05, 3.63) is 65.2 Å². The number of benzene rings is 2. The number of ketones is 1. The number of rotatable bonds is 9. The molecule has 1 saturated carbocycles. The lowest BCUT2D eigenvalue weighted by molar-refractivity contribution is -0.123. The molecule has 1 N–H and O–H groups in total. The fraction of sp³-hybridized carbons (Fsp3) is 0.516. The van der Waals surface area contributed by atoms with E-state index in [1.54, 1.807) is 6.92 Å². The van der Waals surface area contributed by atoms with E-state index in [1.807, 2.05) is 48.5 Å². The maximum Gasteiger partial charge on any atom is 0.136 e. The fourth-order valence-electron chi connectivity index (χ4n) is 5.81. The molecule has 1 aliphatic carbocycles. The van der Waals surface area contributed by atoms with E-state index < -0.39 is 5.60 Å². The van der Waals surface area contributed by atoms with Crippen LogP contribution >= 0.6 is 0 Å². The molecule has 184 valence electrons. The van der Waals surface area contributed by atoms with Crippen molar-refractivity contribution in [2.75, 3.05) is 0 Å². The highest BCUT2D eigenvalue weighted by Gasteiger charge is 2.40. The van der Waals surface area contributed by atoms with Gasteiger partial charge in [0.15, 0.2) is 0 Å². The number of unbranched alkanes of at least 4 members (excludes halogenated alkanes) is 1. The van der Waals surface area contributed by atoms with Crippen LogP contribution in [0, 0.1) is 22.7 Å². The third-order valence-corrected chi connectivity index (χ3v) is 8.32. The lowest BCUT2D eigenvalue weighted by Gasteiger charge is -2.46. The largest absolute Gasteiger partial charge is 0.385 e. The minimum atomic E-state index is -1.13. The van der Waals surface area contributed by atoms with Crippen LogP contribution in [0.1, 0.15) is 94.7 Å². The van der Waals surface area contributed by atoms with Crippen LogP contribution in [0.25, 0.3) is 0 Å². The molecular formula is C31H38N2O2. The number of aryl methyl sites for hydroxylation is 1. The standard InChI is InChI=1S/C31H38N2O2/c1-30(17-8-18-30)26-15-14-24-19-23(22-32)13-16-29(24)33-27(20-26)11-6-7-12-28(34)21-31(2,35)25-9-4-3-5-10-25/h3-5,9-10,13,16,19,26,35H,6-8,11-12,14-15,17-18,20-21H2,1-2H3/b33-27-. The molecule has 0 amide bonds. The number of hydrogen-bond donors (Lipinski definition) is 1. The van der Waals surface area contributed by atoms with Crippen molar-refractivity contribution >= 4 is 17.2 Å². The summed E-state index contributed by atoms with van der Waals surface area (Å²) in [6.45, 7) is 4.16. The predicted molar refractivity (Wildman–Crippen MR) is 141 cm³/mol. The Kier molecular flexibility index (Phi) is 7.87. The summed E-state index contributed by atoms with van der Waals surface area (Å²) < 4.78 is 0. The maximum absolute atomic E-state index is 12.6. The van der Waals surface area contributed by atoms with E-state index >= 15 is 0 Å². The Labute approximate surface area is 210 Å². The Balaban J connectivity index is 1.38. The molecule has 0 spiro atoms. The first-order valence-electron chi connectivity index (χ1n) is 13.2. The zero-order chi connectivity index (χ0) is 24.9. The van der Waals surface area contributed by atoms with Crippen molar-refractivity contribution < 1.29 is 9.90 Å². The number of nitriles is 1. The van der Waals surface area contributed by atoms with Gasteiger partial charge >= 0.3 is 0 Å². The van der Waals surface area contributed by atoms with Crippen molar-refractivity contribution in [3.63, 3.8) is 0 Å². The summed E-state index contributed by atoms with van der Waals surface area (Å²) in [5.41, 5.74) is 4.20. The van der Waals surface area contributed by atoms with E-state index in [1.165, 1.54) is 30.5 Å². The summed E-state index contributed by atoms with van der Waals surface area (Å²) in [5, 5.41) is 20.1. The van der Waals surface area contributed by atoms with E-state index in [0.717, 1.165) is 49.8 Å². The molecule has 1 fully saturated rings. The topological polar surface area (TPSA) is 73.4 Å². The molecule has 4 nitrogen and oxygen atoms in total. The number of Topliss-reactive ketones (excluding diaryl/α,β-unsaturated/α-hetero) is 1. The lowest BCUT2D eigenvalue weighted by atomic mass is 9.59. The molecule has 2 unspecified atom stereocenters. The quantitative estimate of drug-likeness (QED) is 0.394. The molecule has 0 radical (unpaired) electrons. The summed E-state index contributed by atoms with van der Waals surface area (Å²) in [7, 11) is 0. The predicted octanol–water partition coefficient (Wildman–Crippen LogP) is 7.20. The number of aliphatic imine (C=N–C) groups is 1. The van der Waals surface area contributed by atoms with Crippen molar-refractivity contribution in [2.45, 2.75) is 90.1 Å². The summed E-state index contributed by atoms with van der Waals surface area (Å²) in [4.78, 5) is 17.7. The molecule has 0 aromatic heterocycles. The molecule has 0 bridgehead atoms. The van der Waals surface area contributed by atoms with E-state index in [-0.39, 0.29) is 12.2 Å². The molecule has 4 heteroatoms. The van der Waals surface area contributed by atoms with Gasteiger partial charge in [0.1, 0.15) is 5.78 Å². The van der Waals surface area contributed by atoms with Crippen LogP contribution in [0.5, 0.6) is 0 Å². The molecule has 2 atom stereocenters. The van der Waals surface area contributed by atoms with Gasteiger partial charge in [-0.05, 0) is 98.9 Å². The van der Waals surface area contributed by atoms with Crippen LogP contribution < -0.4 is 0 Å². The second-order valence-corrected chi connectivity index (χ2v) is 11.1. The zero-order valence-electron chi connectivity index (χ0n) is 21.2. The van der Waals surface area contributed by atoms with Crippen molar-refractivity contribution in [1.29, 1.82) is 5.26 Å². The monoisotopic (exact) mass is 470 g/mol. The van der Waals surface area contributed by atoms with E-state index in [0.29, 0.717) is 23.3 Å². The Hall–Kier alpha value is -2.77. The van der Waals surface area contributed by atoms with Gasteiger partial charge in [-0.3, -0.25) is 9.79 Å². The van der Waals surface area contributed by atoms with Gasteiger partial charge < -0.3 is 5.11 Å². The normalized spacial score (nSPS) is 22.2. The summed E-state index contributed by atoms with van der Waals surface area (Å²) in [6, 6.07) is 17.6. The van der Waals surface area contributed by atoms with E-state index in [4.69, 9.17) is 4.99 Å². The summed E-state index contributed by atoms with van der Waals surface area (Å²) >= 11 is 0. The molecule has 2 aromatic carbocycles. The fourth-order valence-corrected chi connectivity index (χ4v) is 5.81. The number of aliphatic hydroxyl groups is 1. The van der Waals surface area contributed by atoms with Gasteiger partial charge in [-0.15, -0.1) is 0 Å². The van der Waals surface area contributed by atoms with Crippen LogP contribution in [-0.2, 0) is 16.8 Å². The molecule has 1 heterocycles. The average Bonchev–Trinajstić information content (AvgIpc) is 2.82. The number of carbonyl (C=O) groups is 1. The Bertz CT molecular complexity index is 1110. The number of fused-ring (bicyclic) bond motifs is 1. The molecule has 4 rings (SSSR count). The van der Waals surface area contributed by atoms with Crippen LogP contribution in [-0.4, -0.2) is 16.6 Å². The first kappa shape index (κ1) is 25.3. The summed E-state index contributed by atoms with van der Waals surface area (Å²) in [5.74, 6) is 0.726. The minimum absolute atomic E-state index is 0.104. The van der Waals surface area contributed by atoms with Crippen LogP contribution in [0.2, 0.25) is 0 Å². The maximum atomic E-state index is 12.6. The van der Waals surface area contributed by atoms with Gasteiger partial charge in [0.2, 0.25) is 0 Å². The van der Waals surface area contributed by atoms with E-state index in [9.17, 15) is 15.2 Å². The second kappa shape index (κ2) is 10.9. The van der Waals surface area contributed by atoms with Gasteiger partial charge in [0, 0.05) is 18.6 Å². The number of hydrogen-bond acceptors (Lipinski definition) is 4. The van der Waals surface area contributed by atoms with Crippen LogP contribution in [0.15, 0.2) is 53.5 Å². The Morgan fingerprint density at radius 2 is 1.97 bits per heavy atom. The van der Waals surface area contributed by atoms with E-state index in [2.05, 4.69) is 13.0 Å². The third kappa shape index (κ3) is 6.27. The molecule has 0 saturated heterocycles. The number of nitrogens with zero attached hydrogens (tertiary/aromatic N) is 2.